The van der Waals surface area contributed by atoms with Gasteiger partial charge in [0.2, 0.25) is 0 Å². The van der Waals surface area contributed by atoms with Gasteiger partial charge >= 0.3 is 0 Å². The molecule has 1 atom stereocenters. The van der Waals surface area contributed by atoms with Gasteiger partial charge in [0.1, 0.15) is 18.1 Å². The van der Waals surface area contributed by atoms with Crippen LogP contribution in [0.3, 0.4) is 0 Å². The summed E-state index contributed by atoms with van der Waals surface area (Å²) in [5.74, 6) is 2.92. The van der Waals surface area contributed by atoms with E-state index in [0.717, 1.165) is 35.7 Å². The smallest absolute Gasteiger partial charge is 0.174 e. The fourth-order valence-corrected chi connectivity index (χ4v) is 4.49. The Morgan fingerprint density at radius 2 is 1.59 bits per heavy atom. The van der Waals surface area contributed by atoms with Gasteiger partial charge in [-0.1, -0.05) is 11.6 Å². The van der Waals surface area contributed by atoms with Crippen molar-refractivity contribution in [1.29, 1.82) is 0 Å². The number of nitrogens with zero attached hydrogens (tertiary/aromatic N) is 1. The van der Waals surface area contributed by atoms with Crippen LogP contribution in [-0.4, -0.2) is 44.5 Å². The monoisotopic (exact) mass is 498 g/mol. The predicted octanol–water partition coefficient (Wildman–Crippen LogP) is 5.74. The summed E-state index contributed by atoms with van der Waals surface area (Å²) in [5, 5.41) is 4.63. The van der Waals surface area contributed by atoms with Crippen molar-refractivity contribution in [3.8, 4) is 23.0 Å². The number of rotatable bonds is 7. The largest absolute Gasteiger partial charge is 0.497 e. The first-order valence-corrected chi connectivity index (χ1v) is 11.7. The lowest BCUT2D eigenvalue weighted by Gasteiger charge is -2.39. The van der Waals surface area contributed by atoms with Gasteiger partial charge in [-0.3, -0.25) is 0 Å². The van der Waals surface area contributed by atoms with Crippen LogP contribution >= 0.6 is 23.8 Å². The van der Waals surface area contributed by atoms with Crippen LogP contribution in [0.15, 0.2) is 60.7 Å². The third-order valence-electron chi connectivity index (χ3n) is 5.83. The van der Waals surface area contributed by atoms with Crippen LogP contribution in [0, 0.1) is 0 Å². The van der Waals surface area contributed by atoms with Crippen molar-refractivity contribution in [3.63, 3.8) is 0 Å². The quantitative estimate of drug-likeness (QED) is 0.417. The normalized spacial score (nSPS) is 14.7. The molecule has 1 aliphatic rings. The van der Waals surface area contributed by atoms with Crippen molar-refractivity contribution in [2.24, 2.45) is 0 Å². The van der Waals surface area contributed by atoms with Crippen LogP contribution in [0.2, 0.25) is 5.02 Å². The molecule has 1 aliphatic heterocycles. The molecule has 0 saturated carbocycles. The van der Waals surface area contributed by atoms with Gasteiger partial charge in [-0.05, 0) is 90.4 Å². The second-order valence-electron chi connectivity index (χ2n) is 7.79. The zero-order valence-corrected chi connectivity index (χ0v) is 20.9. The van der Waals surface area contributed by atoms with E-state index in [4.69, 9.17) is 42.8 Å². The molecule has 8 heteroatoms. The van der Waals surface area contributed by atoms with Gasteiger partial charge in [0.05, 0.1) is 27.4 Å². The molecule has 0 unspecified atom stereocenters. The van der Waals surface area contributed by atoms with Gasteiger partial charge in [0.25, 0.3) is 0 Å². The number of thiocarbonyl (C=S) groups is 1. The van der Waals surface area contributed by atoms with Crippen LogP contribution in [-0.2, 0) is 6.42 Å². The van der Waals surface area contributed by atoms with Gasteiger partial charge in [-0.15, -0.1) is 0 Å². The maximum atomic E-state index is 6.20. The molecule has 0 bridgehead atoms. The van der Waals surface area contributed by atoms with E-state index in [1.807, 2.05) is 60.7 Å². The number of methoxy groups -OCH3 is 3. The van der Waals surface area contributed by atoms with Crippen LogP contribution in [0.5, 0.6) is 23.0 Å². The van der Waals surface area contributed by atoms with Gasteiger partial charge in [-0.2, -0.15) is 0 Å². The molecule has 3 aromatic rings. The fourth-order valence-electron chi connectivity index (χ4n) is 4.03. The van der Waals surface area contributed by atoms with E-state index in [2.05, 4.69) is 10.2 Å². The summed E-state index contributed by atoms with van der Waals surface area (Å²) in [6.07, 6.45) is 0.817. The van der Waals surface area contributed by atoms with Crippen molar-refractivity contribution in [2.45, 2.75) is 12.5 Å². The number of halogens is 1. The Hall–Kier alpha value is -3.16. The van der Waals surface area contributed by atoms with Crippen LogP contribution in [0.4, 0.5) is 5.69 Å². The van der Waals surface area contributed by atoms with Gasteiger partial charge in [-0.25, -0.2) is 0 Å². The van der Waals surface area contributed by atoms with E-state index < -0.39 is 0 Å². The van der Waals surface area contributed by atoms with E-state index >= 15 is 0 Å². The number of nitrogens with one attached hydrogen (secondary N) is 1. The molecule has 1 heterocycles. The highest BCUT2D eigenvalue weighted by atomic mass is 35.5. The minimum absolute atomic E-state index is 0.127. The molecule has 0 aliphatic carbocycles. The van der Waals surface area contributed by atoms with Crippen molar-refractivity contribution < 1.29 is 18.9 Å². The molecular weight excluding hydrogens is 472 g/mol. The number of fused-ring (bicyclic) bond motifs is 1. The lowest BCUT2D eigenvalue weighted by atomic mass is 9.92. The van der Waals surface area contributed by atoms with Crippen molar-refractivity contribution in [1.82, 2.24) is 4.90 Å². The molecule has 0 spiro atoms. The molecule has 0 saturated heterocycles. The van der Waals surface area contributed by atoms with Crippen molar-refractivity contribution in [3.05, 3.63) is 76.8 Å². The minimum Gasteiger partial charge on any atom is -0.497 e. The average Bonchev–Trinajstić information content (AvgIpc) is 2.87. The predicted molar refractivity (Wildman–Crippen MR) is 139 cm³/mol. The zero-order valence-electron chi connectivity index (χ0n) is 19.3. The van der Waals surface area contributed by atoms with E-state index in [-0.39, 0.29) is 6.04 Å². The second-order valence-corrected chi connectivity index (χ2v) is 8.61. The third-order valence-corrected chi connectivity index (χ3v) is 6.41. The molecule has 6 nitrogen and oxygen atoms in total. The van der Waals surface area contributed by atoms with Crippen LogP contribution < -0.4 is 24.3 Å². The Bertz CT molecular complexity index is 1140. The number of hydrogen-bond donors (Lipinski definition) is 1. The van der Waals surface area contributed by atoms with E-state index in [1.165, 1.54) is 5.56 Å². The summed E-state index contributed by atoms with van der Waals surface area (Å²) in [5.41, 5.74) is 3.16. The van der Waals surface area contributed by atoms with Gasteiger partial charge in [0.15, 0.2) is 16.6 Å². The summed E-state index contributed by atoms with van der Waals surface area (Å²) in [7, 11) is 4.93. The van der Waals surface area contributed by atoms with Crippen LogP contribution in [0.25, 0.3) is 0 Å². The average molecular weight is 499 g/mol. The molecule has 178 valence electrons. The lowest BCUT2D eigenvalue weighted by Crippen LogP contribution is -2.44. The Morgan fingerprint density at radius 3 is 2.24 bits per heavy atom. The van der Waals surface area contributed by atoms with E-state index in [1.54, 1.807) is 21.3 Å². The first-order valence-electron chi connectivity index (χ1n) is 10.9. The summed E-state index contributed by atoms with van der Waals surface area (Å²) >= 11 is 11.9. The summed E-state index contributed by atoms with van der Waals surface area (Å²) in [6, 6.07) is 19.0. The number of benzene rings is 3. The highest BCUT2D eigenvalue weighted by molar-refractivity contribution is 7.80. The summed E-state index contributed by atoms with van der Waals surface area (Å²) < 4.78 is 22.6. The maximum Gasteiger partial charge on any atom is 0.174 e. The number of hydrogen-bond acceptors (Lipinski definition) is 5. The molecule has 4 rings (SSSR count). The van der Waals surface area contributed by atoms with E-state index in [0.29, 0.717) is 28.2 Å². The highest BCUT2D eigenvalue weighted by Gasteiger charge is 2.31. The number of ether oxygens (including phenoxy) is 4. The molecule has 0 amide bonds. The molecule has 3 aromatic carbocycles. The molecule has 0 radical (unpaired) electrons. The topological polar surface area (TPSA) is 52.2 Å². The molecular formula is C26H27ClN2O4S. The first kappa shape index (κ1) is 24.0. The Balaban J connectivity index is 1.62. The first-order chi connectivity index (χ1) is 16.5. The maximum absolute atomic E-state index is 6.20. The molecule has 0 fully saturated rings. The van der Waals surface area contributed by atoms with E-state index in [9.17, 15) is 0 Å². The molecule has 1 N–H and O–H groups in total. The van der Waals surface area contributed by atoms with Gasteiger partial charge in [0, 0.05) is 17.3 Å². The summed E-state index contributed by atoms with van der Waals surface area (Å²) in [4.78, 5) is 2.15. The second kappa shape index (κ2) is 10.8. The Labute approximate surface area is 210 Å². The zero-order chi connectivity index (χ0) is 24.1. The molecule has 0 aromatic heterocycles. The Kier molecular flexibility index (Phi) is 7.65. The highest BCUT2D eigenvalue weighted by Crippen LogP contribution is 2.38. The Morgan fingerprint density at radius 1 is 0.941 bits per heavy atom. The van der Waals surface area contributed by atoms with Crippen molar-refractivity contribution >= 4 is 34.6 Å². The molecule has 34 heavy (non-hydrogen) atoms. The lowest BCUT2D eigenvalue weighted by molar-refractivity contribution is 0.190. The number of anilines is 1. The van der Waals surface area contributed by atoms with Crippen LogP contribution in [0.1, 0.15) is 17.2 Å². The third kappa shape index (κ3) is 5.32. The fraction of sp³-hybridized carbons (Fsp3) is 0.269. The van der Waals surface area contributed by atoms with Gasteiger partial charge < -0.3 is 29.2 Å². The SMILES string of the molecule is COc1ccc(OC[C@H]2c3cc(OC)c(OC)cc3CCN2C(=S)Nc2ccc(Cl)cc2)cc1. The van der Waals surface area contributed by atoms with Crippen molar-refractivity contribution in [2.75, 3.05) is 39.8 Å². The minimum atomic E-state index is -0.127. The summed E-state index contributed by atoms with van der Waals surface area (Å²) in [6.45, 7) is 1.13. The standard InChI is InChI=1S/C26H27ClN2O4S/c1-30-20-8-10-21(11-9-20)33-16-23-22-15-25(32-3)24(31-2)14-17(22)12-13-29(23)26(34)28-19-6-4-18(27)5-7-19/h4-11,14-15,23H,12-13,16H2,1-3H3,(H,28,34)/t23-/m0/s1.